The summed E-state index contributed by atoms with van der Waals surface area (Å²) in [6, 6.07) is 13.1. The van der Waals surface area contributed by atoms with Crippen LogP contribution in [-0.4, -0.2) is 27.4 Å². The van der Waals surface area contributed by atoms with Crippen molar-refractivity contribution in [2.45, 2.75) is 19.6 Å². The van der Waals surface area contributed by atoms with Gasteiger partial charge in [-0.2, -0.15) is 0 Å². The Morgan fingerprint density at radius 3 is 2.71 bits per heavy atom. The molecule has 2 aromatic heterocycles. The maximum atomic E-state index is 12.8. The Kier molecular flexibility index (Phi) is 5.08. The van der Waals surface area contributed by atoms with Crippen molar-refractivity contribution in [3.63, 3.8) is 0 Å². The van der Waals surface area contributed by atoms with Gasteiger partial charge >= 0.3 is 0 Å². The molecule has 6 heteroatoms. The number of furan rings is 1. The Labute approximate surface area is 144 Å². The number of benzene rings is 1. The van der Waals surface area contributed by atoms with Crippen LogP contribution in [0.2, 0.25) is 0 Å². The molecule has 0 saturated heterocycles. The molecule has 2 heterocycles. The molecule has 1 N–H and O–H groups in total. The number of hydrogen-bond acceptors (Lipinski definition) is 5. The van der Waals surface area contributed by atoms with Gasteiger partial charge in [0.25, 0.3) is 5.91 Å². The third-order valence-electron chi connectivity index (χ3n) is 3.61. The lowest BCUT2D eigenvalue weighted by Crippen LogP contribution is -2.34. The smallest absolute Gasteiger partial charge is 0.273 e. The molecule has 0 aliphatic carbocycles. The van der Waals surface area contributed by atoms with Crippen LogP contribution in [0.4, 0.5) is 0 Å². The van der Waals surface area contributed by atoms with Crippen molar-refractivity contribution in [1.82, 2.24) is 9.88 Å². The first-order valence-electron chi connectivity index (χ1n) is 7.60. The lowest BCUT2D eigenvalue weighted by molar-refractivity contribution is 0.0558. The molecule has 1 unspecified atom stereocenters. The Morgan fingerprint density at radius 1 is 1.29 bits per heavy atom. The molecule has 0 radical (unpaired) electrons. The number of aliphatic hydroxyl groups is 1. The summed E-state index contributed by atoms with van der Waals surface area (Å²) in [6.07, 6.45) is 0.624. The van der Waals surface area contributed by atoms with E-state index in [-0.39, 0.29) is 12.5 Å². The number of aliphatic hydroxyl groups excluding tert-OH is 1. The molecule has 3 aromatic rings. The number of aromatic nitrogens is 1. The Morgan fingerprint density at radius 2 is 2.08 bits per heavy atom. The largest absolute Gasteiger partial charge is 0.467 e. The highest BCUT2D eigenvalue weighted by molar-refractivity contribution is 7.09. The molecule has 0 spiro atoms. The minimum absolute atomic E-state index is 0.137. The summed E-state index contributed by atoms with van der Waals surface area (Å²) in [5.74, 6) is 0.240. The van der Waals surface area contributed by atoms with Gasteiger partial charge in [0, 0.05) is 11.9 Å². The zero-order valence-corrected chi connectivity index (χ0v) is 14.1. The predicted octanol–water partition coefficient (Wildman–Crippen LogP) is 3.42. The van der Waals surface area contributed by atoms with E-state index in [2.05, 4.69) is 4.98 Å². The summed E-state index contributed by atoms with van der Waals surface area (Å²) in [5.41, 5.74) is 1.39. The molecule has 1 aromatic carbocycles. The minimum Gasteiger partial charge on any atom is -0.467 e. The maximum Gasteiger partial charge on any atom is 0.273 e. The van der Waals surface area contributed by atoms with Crippen LogP contribution < -0.4 is 0 Å². The molecule has 24 heavy (non-hydrogen) atoms. The van der Waals surface area contributed by atoms with Crippen molar-refractivity contribution < 1.29 is 14.3 Å². The molecule has 1 atom stereocenters. The van der Waals surface area contributed by atoms with Crippen LogP contribution in [0.1, 0.15) is 32.9 Å². The lowest BCUT2D eigenvalue weighted by Gasteiger charge is -2.24. The van der Waals surface area contributed by atoms with Crippen molar-refractivity contribution in [1.29, 1.82) is 0 Å². The molecule has 0 fully saturated rings. The topological polar surface area (TPSA) is 66.6 Å². The van der Waals surface area contributed by atoms with Gasteiger partial charge in [0.05, 0.1) is 17.8 Å². The number of carbonyl (C=O) groups excluding carboxylic acids is 1. The summed E-state index contributed by atoms with van der Waals surface area (Å²) < 4.78 is 5.23. The zero-order chi connectivity index (χ0) is 16.9. The number of thiazole rings is 1. The normalized spacial score (nSPS) is 12.1. The van der Waals surface area contributed by atoms with E-state index in [1.807, 2.05) is 37.3 Å². The molecular formula is C18H18N2O3S. The number of hydrogen-bond donors (Lipinski definition) is 1. The van der Waals surface area contributed by atoms with E-state index in [0.29, 0.717) is 18.0 Å². The highest BCUT2D eigenvalue weighted by atomic mass is 32.1. The first kappa shape index (κ1) is 16.4. The van der Waals surface area contributed by atoms with Gasteiger partial charge in [-0.25, -0.2) is 4.98 Å². The molecule has 0 bridgehead atoms. The molecule has 5 nitrogen and oxygen atoms in total. The van der Waals surface area contributed by atoms with Crippen LogP contribution in [0.15, 0.2) is 58.5 Å². The molecule has 0 saturated carbocycles. The highest BCUT2D eigenvalue weighted by Gasteiger charge is 2.23. The fourth-order valence-electron chi connectivity index (χ4n) is 2.43. The van der Waals surface area contributed by atoms with Crippen LogP contribution in [-0.2, 0) is 6.54 Å². The van der Waals surface area contributed by atoms with Gasteiger partial charge in [-0.3, -0.25) is 4.79 Å². The summed E-state index contributed by atoms with van der Waals surface area (Å²) in [5, 5.41) is 12.9. The van der Waals surface area contributed by atoms with Gasteiger partial charge in [-0.1, -0.05) is 30.3 Å². The van der Waals surface area contributed by atoms with E-state index >= 15 is 0 Å². The Balaban J connectivity index is 1.81. The number of amides is 1. The summed E-state index contributed by atoms with van der Waals surface area (Å²) in [4.78, 5) is 18.7. The summed E-state index contributed by atoms with van der Waals surface area (Å²) >= 11 is 1.43. The number of carbonyl (C=O) groups is 1. The van der Waals surface area contributed by atoms with Crippen LogP contribution in [0.5, 0.6) is 0 Å². The van der Waals surface area contributed by atoms with E-state index in [1.165, 1.54) is 17.6 Å². The van der Waals surface area contributed by atoms with Crippen molar-refractivity contribution in [3.05, 3.63) is 76.1 Å². The van der Waals surface area contributed by atoms with E-state index in [4.69, 9.17) is 4.42 Å². The standard InChI is InChI=1S/C18H18N2O3S/c1-13-19-15(12-24-13)18(22)20(10-14-6-3-2-4-7-14)11-16(21)17-8-5-9-23-17/h2-9,12,16,21H,10-11H2,1H3. The highest BCUT2D eigenvalue weighted by Crippen LogP contribution is 2.19. The first-order chi connectivity index (χ1) is 11.6. The fourth-order valence-corrected chi connectivity index (χ4v) is 3.01. The Bertz CT molecular complexity index is 784. The third kappa shape index (κ3) is 3.90. The molecule has 124 valence electrons. The van der Waals surface area contributed by atoms with Crippen LogP contribution in [0.3, 0.4) is 0 Å². The zero-order valence-electron chi connectivity index (χ0n) is 13.3. The summed E-state index contributed by atoms with van der Waals surface area (Å²) in [6.45, 7) is 2.40. The molecule has 0 aliphatic rings. The second kappa shape index (κ2) is 7.42. The van der Waals surface area contributed by atoms with Gasteiger partial charge < -0.3 is 14.4 Å². The second-order valence-corrected chi connectivity index (χ2v) is 6.52. The molecular weight excluding hydrogens is 324 g/mol. The Hall–Kier alpha value is -2.44. The quantitative estimate of drug-likeness (QED) is 0.745. The van der Waals surface area contributed by atoms with Gasteiger partial charge in [-0.05, 0) is 24.6 Å². The van der Waals surface area contributed by atoms with Crippen LogP contribution in [0, 0.1) is 6.92 Å². The number of aryl methyl sites for hydroxylation is 1. The second-order valence-electron chi connectivity index (χ2n) is 5.45. The van der Waals surface area contributed by atoms with Crippen molar-refractivity contribution in [2.24, 2.45) is 0 Å². The van der Waals surface area contributed by atoms with Crippen molar-refractivity contribution >= 4 is 17.2 Å². The average molecular weight is 342 g/mol. The predicted molar refractivity (Wildman–Crippen MR) is 91.7 cm³/mol. The van der Waals surface area contributed by atoms with Gasteiger partial charge in [0.15, 0.2) is 0 Å². The fraction of sp³-hybridized carbons (Fsp3) is 0.222. The SMILES string of the molecule is Cc1nc(C(=O)N(Cc2ccccc2)CC(O)c2ccco2)cs1. The monoisotopic (exact) mass is 342 g/mol. The van der Waals surface area contributed by atoms with Gasteiger partial charge in [0.2, 0.25) is 0 Å². The van der Waals surface area contributed by atoms with E-state index < -0.39 is 6.10 Å². The lowest BCUT2D eigenvalue weighted by atomic mass is 10.2. The van der Waals surface area contributed by atoms with E-state index in [9.17, 15) is 9.90 Å². The van der Waals surface area contributed by atoms with E-state index in [1.54, 1.807) is 22.4 Å². The number of rotatable bonds is 6. The number of nitrogens with zero attached hydrogens (tertiary/aromatic N) is 2. The maximum absolute atomic E-state index is 12.8. The third-order valence-corrected chi connectivity index (χ3v) is 4.38. The van der Waals surface area contributed by atoms with Gasteiger partial charge in [-0.15, -0.1) is 11.3 Å². The van der Waals surface area contributed by atoms with Crippen LogP contribution >= 0.6 is 11.3 Å². The average Bonchev–Trinajstić information content (AvgIpc) is 3.26. The minimum atomic E-state index is -0.882. The summed E-state index contributed by atoms with van der Waals surface area (Å²) in [7, 11) is 0. The molecule has 0 aliphatic heterocycles. The van der Waals surface area contributed by atoms with Crippen molar-refractivity contribution in [2.75, 3.05) is 6.54 Å². The van der Waals surface area contributed by atoms with Crippen LogP contribution in [0.25, 0.3) is 0 Å². The molecule has 1 amide bonds. The van der Waals surface area contributed by atoms with E-state index in [0.717, 1.165) is 10.6 Å². The van der Waals surface area contributed by atoms with Gasteiger partial charge in [0.1, 0.15) is 17.6 Å². The molecule has 3 rings (SSSR count). The van der Waals surface area contributed by atoms with Crippen molar-refractivity contribution in [3.8, 4) is 0 Å². The first-order valence-corrected chi connectivity index (χ1v) is 8.48.